The van der Waals surface area contributed by atoms with Gasteiger partial charge in [-0.05, 0) is 36.4 Å². The van der Waals surface area contributed by atoms with E-state index >= 15 is 0 Å². The van der Waals surface area contributed by atoms with Gasteiger partial charge in [-0.25, -0.2) is 0 Å². The number of hydrogen-bond acceptors (Lipinski definition) is 2. The van der Waals surface area contributed by atoms with Crippen LogP contribution >= 0.6 is 35.0 Å². The van der Waals surface area contributed by atoms with Gasteiger partial charge in [-0.3, -0.25) is 4.79 Å². The van der Waals surface area contributed by atoms with Gasteiger partial charge < -0.3 is 0 Å². The zero-order valence-electron chi connectivity index (χ0n) is 11.0. The van der Waals surface area contributed by atoms with Crippen molar-refractivity contribution in [2.45, 2.75) is 17.7 Å². The molecule has 0 unspecified atom stereocenters. The van der Waals surface area contributed by atoms with E-state index < -0.39 is 0 Å². The third kappa shape index (κ3) is 3.57. The predicted octanol–water partition coefficient (Wildman–Crippen LogP) is 5.53. The van der Waals surface area contributed by atoms with Crippen LogP contribution in [-0.2, 0) is 6.42 Å². The zero-order chi connectivity index (χ0) is 14.5. The summed E-state index contributed by atoms with van der Waals surface area (Å²) in [6.45, 7) is 0. The molecule has 0 heterocycles. The van der Waals surface area contributed by atoms with Crippen molar-refractivity contribution in [1.29, 1.82) is 0 Å². The highest BCUT2D eigenvalue weighted by Crippen LogP contribution is 2.27. The molecule has 4 heteroatoms. The number of benzene rings is 2. The molecule has 0 spiro atoms. The number of rotatable bonds is 5. The summed E-state index contributed by atoms with van der Waals surface area (Å²) in [5.74, 6) is -0.0171. The van der Waals surface area contributed by atoms with Gasteiger partial charge in [0.05, 0.1) is 15.6 Å². The molecule has 2 rings (SSSR count). The van der Waals surface area contributed by atoms with E-state index in [1.807, 2.05) is 24.5 Å². The molecule has 0 saturated carbocycles. The van der Waals surface area contributed by atoms with E-state index in [9.17, 15) is 4.79 Å². The van der Waals surface area contributed by atoms with E-state index in [1.54, 1.807) is 30.0 Å². The van der Waals surface area contributed by atoms with E-state index in [-0.39, 0.29) is 5.78 Å². The monoisotopic (exact) mass is 324 g/mol. The van der Waals surface area contributed by atoms with E-state index in [2.05, 4.69) is 6.07 Å². The Balaban J connectivity index is 2.13. The lowest BCUT2D eigenvalue weighted by atomic mass is 10.0. The Kier molecular flexibility index (Phi) is 5.53. The second-order valence-electron chi connectivity index (χ2n) is 4.33. The minimum absolute atomic E-state index is 0.0171. The molecule has 0 amide bonds. The minimum Gasteiger partial charge on any atom is -0.294 e. The first-order valence-electron chi connectivity index (χ1n) is 6.22. The fourth-order valence-corrected chi connectivity index (χ4v) is 3.30. The van der Waals surface area contributed by atoms with Crippen molar-refractivity contribution < 1.29 is 4.79 Å². The smallest absolute Gasteiger partial charge is 0.166 e. The molecule has 0 aliphatic heterocycles. The van der Waals surface area contributed by atoms with Crippen LogP contribution in [0.15, 0.2) is 47.4 Å². The van der Waals surface area contributed by atoms with Crippen molar-refractivity contribution in [3.63, 3.8) is 0 Å². The van der Waals surface area contributed by atoms with Gasteiger partial charge >= 0.3 is 0 Å². The number of carbonyl (C=O) groups is 1. The van der Waals surface area contributed by atoms with E-state index in [4.69, 9.17) is 23.2 Å². The predicted molar refractivity (Wildman–Crippen MR) is 87.3 cm³/mol. The fourth-order valence-electron chi connectivity index (χ4n) is 2.05. The SMILES string of the molecule is CSc1ccccc1CCC(=O)c1c(Cl)cccc1Cl. The van der Waals surface area contributed by atoms with Gasteiger partial charge in [-0.2, -0.15) is 0 Å². The highest BCUT2D eigenvalue weighted by atomic mass is 35.5. The first-order valence-corrected chi connectivity index (χ1v) is 8.20. The van der Waals surface area contributed by atoms with Gasteiger partial charge in [-0.1, -0.05) is 47.5 Å². The lowest BCUT2D eigenvalue weighted by molar-refractivity contribution is 0.0983. The molecule has 0 fully saturated rings. The highest BCUT2D eigenvalue weighted by Gasteiger charge is 2.14. The summed E-state index contributed by atoms with van der Waals surface area (Å²) in [4.78, 5) is 13.5. The molecule has 0 aliphatic rings. The molecular formula is C16H14Cl2OS. The largest absolute Gasteiger partial charge is 0.294 e. The van der Waals surface area contributed by atoms with Crippen molar-refractivity contribution in [2.24, 2.45) is 0 Å². The maximum atomic E-state index is 12.3. The van der Waals surface area contributed by atoms with Gasteiger partial charge in [-0.15, -0.1) is 11.8 Å². The Hall–Kier alpha value is -0.960. The molecule has 0 saturated heterocycles. The van der Waals surface area contributed by atoms with Crippen LogP contribution in [0.2, 0.25) is 10.0 Å². The second-order valence-corrected chi connectivity index (χ2v) is 5.99. The first kappa shape index (κ1) is 15.4. The Bertz CT molecular complexity index is 605. The minimum atomic E-state index is -0.0171. The van der Waals surface area contributed by atoms with Gasteiger partial charge in [0.1, 0.15) is 0 Å². The summed E-state index contributed by atoms with van der Waals surface area (Å²) in [6, 6.07) is 13.2. The van der Waals surface area contributed by atoms with Crippen molar-refractivity contribution in [1.82, 2.24) is 0 Å². The third-order valence-corrected chi connectivity index (χ3v) is 4.52. The maximum Gasteiger partial charge on any atom is 0.166 e. The fraction of sp³-hybridized carbons (Fsp3) is 0.188. The number of thioether (sulfide) groups is 1. The highest BCUT2D eigenvalue weighted by molar-refractivity contribution is 7.98. The summed E-state index contributed by atoms with van der Waals surface area (Å²) >= 11 is 13.8. The summed E-state index contributed by atoms with van der Waals surface area (Å²) in [5.41, 5.74) is 1.61. The zero-order valence-corrected chi connectivity index (χ0v) is 13.4. The first-order chi connectivity index (χ1) is 9.63. The summed E-state index contributed by atoms with van der Waals surface area (Å²) in [7, 11) is 0. The summed E-state index contributed by atoms with van der Waals surface area (Å²) < 4.78 is 0. The number of hydrogen-bond donors (Lipinski definition) is 0. The number of Topliss-reactive ketones (excluding diaryl/α,β-unsaturated/α-hetero) is 1. The van der Waals surface area contributed by atoms with E-state index in [0.717, 1.165) is 0 Å². The van der Waals surface area contributed by atoms with Crippen LogP contribution in [0.4, 0.5) is 0 Å². The standard InChI is InChI=1S/C16H14Cl2OS/c1-20-15-8-3-2-5-11(15)9-10-14(19)16-12(17)6-4-7-13(16)18/h2-8H,9-10H2,1H3. The van der Waals surface area contributed by atoms with Crippen molar-refractivity contribution >= 4 is 40.7 Å². The quantitative estimate of drug-likeness (QED) is 0.531. The van der Waals surface area contributed by atoms with Crippen molar-refractivity contribution in [3.05, 3.63) is 63.6 Å². The molecule has 0 aromatic heterocycles. The van der Waals surface area contributed by atoms with Crippen molar-refractivity contribution in [3.8, 4) is 0 Å². The molecule has 2 aromatic rings. The average molecular weight is 325 g/mol. The van der Waals surface area contributed by atoms with Crippen LogP contribution in [0.3, 0.4) is 0 Å². The molecule has 0 radical (unpaired) electrons. The number of halogens is 2. The van der Waals surface area contributed by atoms with Crippen LogP contribution in [0.5, 0.6) is 0 Å². The van der Waals surface area contributed by atoms with E-state index in [1.165, 1.54) is 10.5 Å². The number of aryl methyl sites for hydroxylation is 1. The third-order valence-electron chi connectivity index (χ3n) is 3.06. The summed E-state index contributed by atoms with van der Waals surface area (Å²) in [5, 5.41) is 0.835. The van der Waals surface area contributed by atoms with Gasteiger partial charge in [0, 0.05) is 11.3 Å². The van der Waals surface area contributed by atoms with Gasteiger partial charge in [0.15, 0.2) is 5.78 Å². The van der Waals surface area contributed by atoms with Crippen LogP contribution in [0, 0.1) is 0 Å². The molecular weight excluding hydrogens is 311 g/mol. The molecule has 0 atom stereocenters. The average Bonchev–Trinajstić information content (AvgIpc) is 2.45. The topological polar surface area (TPSA) is 17.1 Å². The molecule has 1 nitrogen and oxygen atoms in total. The van der Waals surface area contributed by atoms with Crippen LogP contribution in [-0.4, -0.2) is 12.0 Å². The molecule has 0 N–H and O–H groups in total. The Morgan fingerprint density at radius 3 is 2.35 bits per heavy atom. The van der Waals surface area contributed by atoms with Crippen LogP contribution in [0.25, 0.3) is 0 Å². The van der Waals surface area contributed by atoms with Gasteiger partial charge in [0.2, 0.25) is 0 Å². The Morgan fingerprint density at radius 2 is 1.70 bits per heavy atom. The molecule has 2 aromatic carbocycles. The van der Waals surface area contributed by atoms with Crippen LogP contribution < -0.4 is 0 Å². The maximum absolute atomic E-state index is 12.3. The Morgan fingerprint density at radius 1 is 1.05 bits per heavy atom. The van der Waals surface area contributed by atoms with Gasteiger partial charge in [0.25, 0.3) is 0 Å². The Labute approximate surface area is 133 Å². The normalized spacial score (nSPS) is 10.6. The second kappa shape index (κ2) is 7.16. The lowest BCUT2D eigenvalue weighted by Crippen LogP contribution is -2.03. The molecule has 104 valence electrons. The van der Waals surface area contributed by atoms with E-state index in [0.29, 0.717) is 28.5 Å². The molecule has 20 heavy (non-hydrogen) atoms. The molecule has 0 aliphatic carbocycles. The summed E-state index contributed by atoms with van der Waals surface area (Å²) in [6.07, 6.45) is 3.13. The lowest BCUT2D eigenvalue weighted by Gasteiger charge is -2.08. The van der Waals surface area contributed by atoms with Crippen molar-refractivity contribution in [2.75, 3.05) is 6.26 Å². The van der Waals surface area contributed by atoms with Crippen LogP contribution in [0.1, 0.15) is 22.3 Å². The molecule has 0 bridgehead atoms. The number of carbonyl (C=O) groups excluding carboxylic acids is 1. The number of ketones is 1.